The van der Waals surface area contributed by atoms with Crippen molar-refractivity contribution in [3.8, 4) is 0 Å². The zero-order chi connectivity index (χ0) is 18.8. The summed E-state index contributed by atoms with van der Waals surface area (Å²) in [6.45, 7) is 5.66. The van der Waals surface area contributed by atoms with E-state index in [4.69, 9.17) is 5.73 Å². The van der Waals surface area contributed by atoms with Gasteiger partial charge in [0.2, 0.25) is 5.91 Å². The number of pyridine rings is 1. The summed E-state index contributed by atoms with van der Waals surface area (Å²) in [5.41, 5.74) is 9.70. The van der Waals surface area contributed by atoms with Crippen molar-refractivity contribution >= 4 is 28.9 Å². The van der Waals surface area contributed by atoms with Crippen molar-refractivity contribution in [2.75, 3.05) is 10.3 Å². The molecule has 0 saturated heterocycles. The topological polar surface area (TPSA) is 101 Å². The van der Waals surface area contributed by atoms with Gasteiger partial charge in [0.05, 0.1) is 17.1 Å². The first-order valence-corrected chi connectivity index (χ1v) is 8.34. The summed E-state index contributed by atoms with van der Waals surface area (Å²) >= 11 is 0. The van der Waals surface area contributed by atoms with Crippen LogP contribution in [-0.2, 0) is 9.59 Å². The van der Waals surface area contributed by atoms with Crippen LogP contribution < -0.4 is 16.1 Å². The molecule has 26 heavy (non-hydrogen) atoms. The Bertz CT molecular complexity index is 869. The number of primary amides is 1. The third-order valence-corrected chi connectivity index (χ3v) is 4.29. The van der Waals surface area contributed by atoms with Gasteiger partial charge in [-0.25, -0.2) is 0 Å². The van der Waals surface area contributed by atoms with Crippen LogP contribution in [0.5, 0.6) is 0 Å². The van der Waals surface area contributed by atoms with Crippen molar-refractivity contribution in [1.29, 1.82) is 0 Å². The number of para-hydroxylation sites is 1. The number of nitrogens with zero attached hydrogens (tertiary/aromatic N) is 3. The molecule has 0 spiro atoms. The molecule has 0 aliphatic carbocycles. The summed E-state index contributed by atoms with van der Waals surface area (Å²) < 4.78 is 0. The van der Waals surface area contributed by atoms with E-state index in [1.165, 1.54) is 5.01 Å². The monoisotopic (exact) mass is 351 g/mol. The number of hydrogen-bond acceptors (Lipinski definition) is 5. The molecule has 0 unspecified atom stereocenters. The molecular formula is C19H21N5O2. The van der Waals surface area contributed by atoms with Gasteiger partial charge in [0.1, 0.15) is 11.8 Å². The number of nitrogens with one attached hydrogen (secondary N) is 1. The second-order valence-corrected chi connectivity index (χ2v) is 6.34. The Balaban J connectivity index is 1.87. The minimum Gasteiger partial charge on any atom is -0.368 e. The number of rotatable bonds is 4. The van der Waals surface area contributed by atoms with E-state index in [0.29, 0.717) is 11.4 Å². The summed E-state index contributed by atoms with van der Waals surface area (Å²) in [5.74, 6) is -0.878. The average molecular weight is 351 g/mol. The molecule has 1 atom stereocenters. The van der Waals surface area contributed by atoms with Gasteiger partial charge in [0.25, 0.3) is 5.91 Å². The Morgan fingerprint density at radius 1 is 1.19 bits per heavy atom. The zero-order valence-corrected chi connectivity index (χ0v) is 15.0. The van der Waals surface area contributed by atoms with Gasteiger partial charge in [-0.2, -0.15) is 5.10 Å². The molecule has 1 aromatic heterocycles. The Kier molecular flexibility index (Phi) is 4.71. The third-order valence-electron chi connectivity index (χ3n) is 4.29. The van der Waals surface area contributed by atoms with Crippen LogP contribution in [0, 0.1) is 20.8 Å². The highest BCUT2D eigenvalue weighted by Crippen LogP contribution is 2.25. The summed E-state index contributed by atoms with van der Waals surface area (Å²) in [4.78, 5) is 28.9. The molecule has 0 bridgehead atoms. The smallest absolute Gasteiger partial charge is 0.272 e. The van der Waals surface area contributed by atoms with Crippen molar-refractivity contribution in [3.63, 3.8) is 0 Å². The van der Waals surface area contributed by atoms with E-state index >= 15 is 0 Å². The standard InChI is InChI=1S/C19H21N5O2/c1-11-9-12(2)21-13(3)17(11)22-19(26)15-10-16(18(20)25)24(23-15)14-7-5-4-6-8-14/h4-9,16H,10H2,1-3H3,(H2,20,25)(H,22,26)/t16-/m0/s1. The lowest BCUT2D eigenvalue weighted by Gasteiger charge is -2.20. The maximum atomic E-state index is 12.7. The molecule has 3 rings (SSSR count). The molecule has 0 fully saturated rings. The van der Waals surface area contributed by atoms with Crippen LogP contribution in [0.4, 0.5) is 11.4 Å². The van der Waals surface area contributed by atoms with Crippen molar-refractivity contribution in [3.05, 3.63) is 53.3 Å². The lowest BCUT2D eigenvalue weighted by Crippen LogP contribution is -2.39. The van der Waals surface area contributed by atoms with E-state index in [0.717, 1.165) is 17.0 Å². The van der Waals surface area contributed by atoms with E-state index in [1.807, 2.05) is 57.2 Å². The number of benzene rings is 1. The first kappa shape index (κ1) is 17.6. The molecule has 2 amide bonds. The fourth-order valence-corrected chi connectivity index (χ4v) is 3.09. The number of hydrazone groups is 1. The predicted molar refractivity (Wildman–Crippen MR) is 101 cm³/mol. The highest BCUT2D eigenvalue weighted by molar-refractivity contribution is 6.44. The fourth-order valence-electron chi connectivity index (χ4n) is 3.09. The number of hydrogen-bond donors (Lipinski definition) is 2. The predicted octanol–water partition coefficient (Wildman–Crippen LogP) is 2.07. The number of aryl methyl sites for hydroxylation is 3. The first-order chi connectivity index (χ1) is 12.4. The molecule has 0 saturated carbocycles. The van der Waals surface area contributed by atoms with Gasteiger partial charge in [-0.1, -0.05) is 18.2 Å². The van der Waals surface area contributed by atoms with Gasteiger partial charge in [0.15, 0.2) is 0 Å². The third kappa shape index (κ3) is 3.42. The van der Waals surface area contributed by atoms with Crippen LogP contribution in [0.2, 0.25) is 0 Å². The van der Waals surface area contributed by atoms with Crippen molar-refractivity contribution < 1.29 is 9.59 Å². The summed E-state index contributed by atoms with van der Waals surface area (Å²) in [6, 6.07) is 10.4. The van der Waals surface area contributed by atoms with E-state index in [-0.39, 0.29) is 18.0 Å². The molecule has 1 aliphatic heterocycles. The van der Waals surface area contributed by atoms with Crippen molar-refractivity contribution in [2.24, 2.45) is 10.8 Å². The van der Waals surface area contributed by atoms with Gasteiger partial charge in [-0.05, 0) is 44.5 Å². The van der Waals surface area contributed by atoms with Gasteiger partial charge in [-0.3, -0.25) is 19.6 Å². The number of anilines is 2. The summed E-state index contributed by atoms with van der Waals surface area (Å²) in [6.07, 6.45) is 0.160. The van der Waals surface area contributed by atoms with Crippen LogP contribution >= 0.6 is 0 Å². The summed E-state index contributed by atoms with van der Waals surface area (Å²) in [7, 11) is 0. The van der Waals surface area contributed by atoms with Crippen LogP contribution in [-0.4, -0.2) is 28.6 Å². The van der Waals surface area contributed by atoms with Crippen LogP contribution in [0.3, 0.4) is 0 Å². The summed E-state index contributed by atoms with van der Waals surface area (Å²) in [5, 5.41) is 8.72. The molecule has 3 N–H and O–H groups in total. The molecule has 7 nitrogen and oxygen atoms in total. The second-order valence-electron chi connectivity index (χ2n) is 6.34. The molecule has 7 heteroatoms. The van der Waals surface area contributed by atoms with Crippen LogP contribution in [0.25, 0.3) is 0 Å². The number of amides is 2. The molecule has 1 aliphatic rings. The van der Waals surface area contributed by atoms with Crippen molar-refractivity contribution in [2.45, 2.75) is 33.2 Å². The highest BCUT2D eigenvalue weighted by Gasteiger charge is 2.35. The number of aromatic nitrogens is 1. The van der Waals surface area contributed by atoms with E-state index in [2.05, 4.69) is 15.4 Å². The Labute approximate surface area is 151 Å². The molecule has 2 heterocycles. The Morgan fingerprint density at radius 3 is 2.50 bits per heavy atom. The van der Waals surface area contributed by atoms with E-state index in [9.17, 15) is 9.59 Å². The number of nitrogens with two attached hydrogens (primary N) is 1. The fraction of sp³-hybridized carbons (Fsp3) is 0.263. The maximum Gasteiger partial charge on any atom is 0.272 e. The lowest BCUT2D eigenvalue weighted by molar-refractivity contribution is -0.119. The zero-order valence-electron chi connectivity index (χ0n) is 15.0. The minimum absolute atomic E-state index is 0.160. The van der Waals surface area contributed by atoms with Crippen LogP contribution in [0.15, 0.2) is 41.5 Å². The molecule has 0 radical (unpaired) electrons. The van der Waals surface area contributed by atoms with Gasteiger partial charge < -0.3 is 11.1 Å². The lowest BCUT2D eigenvalue weighted by atomic mass is 10.1. The quantitative estimate of drug-likeness (QED) is 0.880. The van der Waals surface area contributed by atoms with Gasteiger partial charge in [0, 0.05) is 12.1 Å². The minimum atomic E-state index is -0.684. The largest absolute Gasteiger partial charge is 0.368 e. The molecule has 2 aromatic rings. The molecule has 1 aromatic carbocycles. The average Bonchev–Trinajstić information content (AvgIpc) is 3.04. The SMILES string of the molecule is Cc1cc(C)c(NC(=O)C2=NN(c3ccccc3)[C@H](C(N)=O)C2)c(C)n1. The van der Waals surface area contributed by atoms with Gasteiger partial charge in [-0.15, -0.1) is 0 Å². The molecule has 134 valence electrons. The Morgan fingerprint density at radius 2 is 1.88 bits per heavy atom. The normalized spacial score (nSPS) is 16.3. The Hall–Kier alpha value is -3.22. The maximum absolute atomic E-state index is 12.7. The second kappa shape index (κ2) is 6.95. The molecular weight excluding hydrogens is 330 g/mol. The van der Waals surface area contributed by atoms with Crippen molar-refractivity contribution in [1.82, 2.24) is 4.98 Å². The van der Waals surface area contributed by atoms with E-state index in [1.54, 1.807) is 0 Å². The van der Waals surface area contributed by atoms with E-state index < -0.39 is 11.9 Å². The number of carbonyl (C=O) groups excluding carboxylic acids is 2. The first-order valence-electron chi connectivity index (χ1n) is 8.34. The highest BCUT2D eigenvalue weighted by atomic mass is 16.2. The van der Waals surface area contributed by atoms with Gasteiger partial charge >= 0.3 is 0 Å². The number of carbonyl (C=O) groups is 2. The van der Waals surface area contributed by atoms with Crippen LogP contribution in [0.1, 0.15) is 23.4 Å².